The monoisotopic (exact) mass is 276 g/mol. The van der Waals surface area contributed by atoms with E-state index < -0.39 is 8.07 Å². The SMILES string of the molecule is CC[Si](CC)(CC)c1ccncc1[C@H]1CCCN1C. The summed E-state index contributed by atoms with van der Waals surface area (Å²) in [5, 5.41) is 1.69. The van der Waals surface area contributed by atoms with Crippen molar-refractivity contribution >= 4 is 13.3 Å². The minimum Gasteiger partial charge on any atom is -0.299 e. The van der Waals surface area contributed by atoms with Crippen LogP contribution in [-0.2, 0) is 0 Å². The summed E-state index contributed by atoms with van der Waals surface area (Å²) >= 11 is 0. The van der Waals surface area contributed by atoms with Crippen LogP contribution in [0.4, 0.5) is 0 Å². The molecule has 1 aromatic heterocycles. The summed E-state index contributed by atoms with van der Waals surface area (Å²) in [6, 6.07) is 7.01. The fourth-order valence-corrected chi connectivity index (χ4v) is 7.69. The molecule has 0 aliphatic carbocycles. The van der Waals surface area contributed by atoms with E-state index in [1.165, 1.54) is 37.5 Å². The van der Waals surface area contributed by atoms with Gasteiger partial charge in [0.05, 0.1) is 8.07 Å². The maximum absolute atomic E-state index is 4.44. The lowest BCUT2D eigenvalue weighted by atomic mass is 10.1. The predicted octanol–water partition coefficient (Wildman–Crippen LogP) is 3.56. The van der Waals surface area contributed by atoms with Gasteiger partial charge in [0, 0.05) is 18.4 Å². The van der Waals surface area contributed by atoms with Crippen molar-refractivity contribution in [1.29, 1.82) is 0 Å². The summed E-state index contributed by atoms with van der Waals surface area (Å²) in [5.74, 6) is 0. The van der Waals surface area contributed by atoms with Crippen LogP contribution in [0.25, 0.3) is 0 Å². The molecular formula is C16H28N2Si. The second kappa shape index (κ2) is 6.19. The molecule has 2 rings (SSSR count). The molecule has 19 heavy (non-hydrogen) atoms. The molecule has 0 unspecified atom stereocenters. The van der Waals surface area contributed by atoms with Gasteiger partial charge in [-0.15, -0.1) is 0 Å². The van der Waals surface area contributed by atoms with E-state index in [-0.39, 0.29) is 0 Å². The maximum atomic E-state index is 4.44. The molecule has 0 spiro atoms. The van der Waals surface area contributed by atoms with E-state index in [2.05, 4.69) is 50.0 Å². The van der Waals surface area contributed by atoms with Crippen LogP contribution in [0.1, 0.15) is 45.2 Å². The van der Waals surface area contributed by atoms with Crippen molar-refractivity contribution in [3.8, 4) is 0 Å². The van der Waals surface area contributed by atoms with Gasteiger partial charge in [-0.05, 0) is 38.1 Å². The van der Waals surface area contributed by atoms with E-state index in [1.807, 2.05) is 6.20 Å². The summed E-state index contributed by atoms with van der Waals surface area (Å²) in [6.45, 7) is 8.41. The number of nitrogens with zero attached hydrogens (tertiary/aromatic N) is 2. The average molecular weight is 276 g/mol. The Hall–Kier alpha value is -0.673. The highest BCUT2D eigenvalue weighted by Gasteiger charge is 2.34. The van der Waals surface area contributed by atoms with E-state index in [0.29, 0.717) is 6.04 Å². The number of hydrogen-bond acceptors (Lipinski definition) is 2. The molecule has 1 atom stereocenters. The van der Waals surface area contributed by atoms with Gasteiger partial charge in [0.2, 0.25) is 0 Å². The Balaban J connectivity index is 2.45. The third kappa shape index (κ3) is 2.63. The Labute approximate surface area is 119 Å². The summed E-state index contributed by atoms with van der Waals surface area (Å²) < 4.78 is 0. The molecule has 0 N–H and O–H groups in total. The lowest BCUT2D eigenvalue weighted by Gasteiger charge is -2.33. The lowest BCUT2D eigenvalue weighted by molar-refractivity contribution is 0.318. The molecule has 2 heterocycles. The number of aromatic nitrogens is 1. The van der Waals surface area contributed by atoms with Crippen LogP contribution in [0.5, 0.6) is 0 Å². The zero-order chi connectivity index (χ0) is 13.9. The second-order valence-electron chi connectivity index (χ2n) is 5.94. The van der Waals surface area contributed by atoms with Gasteiger partial charge in [-0.3, -0.25) is 9.88 Å². The molecule has 0 radical (unpaired) electrons. The number of pyridine rings is 1. The van der Waals surface area contributed by atoms with Gasteiger partial charge < -0.3 is 0 Å². The van der Waals surface area contributed by atoms with E-state index >= 15 is 0 Å². The highest BCUT2D eigenvalue weighted by molar-refractivity contribution is 6.92. The molecule has 0 saturated carbocycles. The van der Waals surface area contributed by atoms with Crippen molar-refractivity contribution in [2.24, 2.45) is 0 Å². The first kappa shape index (κ1) is 14.7. The van der Waals surface area contributed by atoms with E-state index in [9.17, 15) is 0 Å². The lowest BCUT2D eigenvalue weighted by Crippen LogP contribution is -2.48. The van der Waals surface area contributed by atoms with Gasteiger partial charge in [0.15, 0.2) is 0 Å². The normalized spacial score (nSPS) is 20.9. The minimum atomic E-state index is -1.30. The van der Waals surface area contributed by atoms with Crippen LogP contribution in [-0.4, -0.2) is 31.6 Å². The van der Waals surface area contributed by atoms with Crippen LogP contribution >= 0.6 is 0 Å². The molecule has 2 nitrogen and oxygen atoms in total. The van der Waals surface area contributed by atoms with Crippen molar-refractivity contribution < 1.29 is 0 Å². The van der Waals surface area contributed by atoms with Crippen LogP contribution in [0.3, 0.4) is 0 Å². The Bertz CT molecular complexity index is 407. The Morgan fingerprint density at radius 1 is 1.26 bits per heavy atom. The second-order valence-corrected chi connectivity index (χ2v) is 11.2. The molecule has 1 aliphatic rings. The summed E-state index contributed by atoms with van der Waals surface area (Å²) in [5.41, 5.74) is 1.54. The van der Waals surface area contributed by atoms with Gasteiger partial charge in [-0.2, -0.15) is 0 Å². The van der Waals surface area contributed by atoms with Crippen molar-refractivity contribution in [3.63, 3.8) is 0 Å². The molecule has 1 saturated heterocycles. The predicted molar refractivity (Wildman–Crippen MR) is 85.7 cm³/mol. The van der Waals surface area contributed by atoms with Gasteiger partial charge in [0.25, 0.3) is 0 Å². The van der Waals surface area contributed by atoms with E-state index in [4.69, 9.17) is 0 Å². The van der Waals surface area contributed by atoms with Gasteiger partial charge >= 0.3 is 0 Å². The summed E-state index contributed by atoms with van der Waals surface area (Å²) in [6.07, 6.45) is 6.80. The molecule has 0 aromatic carbocycles. The fraction of sp³-hybridized carbons (Fsp3) is 0.688. The molecule has 1 aromatic rings. The van der Waals surface area contributed by atoms with Gasteiger partial charge in [-0.1, -0.05) is 44.1 Å². The molecule has 0 amide bonds. The first-order chi connectivity index (χ1) is 9.18. The maximum Gasteiger partial charge on any atom is 0.0865 e. The zero-order valence-electron chi connectivity index (χ0n) is 12.9. The van der Waals surface area contributed by atoms with Gasteiger partial charge in [-0.25, -0.2) is 0 Å². The summed E-state index contributed by atoms with van der Waals surface area (Å²) in [7, 11) is 0.964. The Morgan fingerprint density at radius 3 is 2.47 bits per heavy atom. The third-order valence-electron chi connectivity index (χ3n) is 5.33. The zero-order valence-corrected chi connectivity index (χ0v) is 13.9. The minimum absolute atomic E-state index is 0.611. The molecule has 106 valence electrons. The fourth-order valence-electron chi connectivity index (χ4n) is 3.78. The average Bonchev–Trinajstić information content (AvgIpc) is 2.88. The van der Waals surface area contributed by atoms with Gasteiger partial charge in [0.1, 0.15) is 0 Å². The smallest absolute Gasteiger partial charge is 0.0865 e. The van der Waals surface area contributed by atoms with E-state index in [0.717, 1.165) is 0 Å². The number of rotatable bonds is 5. The molecular weight excluding hydrogens is 248 g/mol. The Kier molecular flexibility index (Phi) is 4.80. The van der Waals surface area contributed by atoms with E-state index in [1.54, 1.807) is 10.8 Å². The molecule has 3 heteroatoms. The number of likely N-dealkylation sites (tertiary alicyclic amines) is 1. The molecule has 1 fully saturated rings. The highest BCUT2D eigenvalue weighted by Crippen LogP contribution is 2.32. The van der Waals surface area contributed by atoms with Crippen LogP contribution in [0.15, 0.2) is 18.5 Å². The summed E-state index contributed by atoms with van der Waals surface area (Å²) in [4.78, 5) is 6.95. The van der Waals surface area contributed by atoms with Crippen LogP contribution in [0.2, 0.25) is 18.1 Å². The topological polar surface area (TPSA) is 16.1 Å². The molecule has 0 bridgehead atoms. The molecule has 1 aliphatic heterocycles. The third-order valence-corrected chi connectivity index (χ3v) is 11.0. The highest BCUT2D eigenvalue weighted by atomic mass is 28.3. The standard InChI is InChI=1S/C16H28N2Si/c1-5-19(6-2,7-3)16-10-11-17-13-14(16)15-9-8-12-18(15)4/h10-11,13,15H,5-9,12H2,1-4H3/t15-/m1/s1. The largest absolute Gasteiger partial charge is 0.299 e. The number of hydrogen-bond donors (Lipinski definition) is 0. The van der Waals surface area contributed by atoms with Crippen molar-refractivity contribution in [1.82, 2.24) is 9.88 Å². The van der Waals surface area contributed by atoms with Crippen LogP contribution < -0.4 is 5.19 Å². The van der Waals surface area contributed by atoms with Crippen LogP contribution in [0, 0.1) is 0 Å². The quantitative estimate of drug-likeness (QED) is 0.764. The Morgan fingerprint density at radius 2 is 1.95 bits per heavy atom. The van der Waals surface area contributed by atoms with Crippen molar-refractivity contribution in [2.45, 2.75) is 57.8 Å². The van der Waals surface area contributed by atoms with Crippen molar-refractivity contribution in [2.75, 3.05) is 13.6 Å². The van der Waals surface area contributed by atoms with Crippen molar-refractivity contribution in [3.05, 3.63) is 24.0 Å². The first-order valence-electron chi connectivity index (χ1n) is 7.83. The first-order valence-corrected chi connectivity index (χ1v) is 10.4.